The van der Waals surface area contributed by atoms with Crippen molar-refractivity contribution in [3.63, 3.8) is 0 Å². The molecule has 15 heavy (non-hydrogen) atoms. The van der Waals surface area contributed by atoms with Crippen molar-refractivity contribution in [3.8, 4) is 0 Å². The average Bonchev–Trinajstić information content (AvgIpc) is 2.17. The Morgan fingerprint density at radius 1 is 1.20 bits per heavy atom. The first-order chi connectivity index (χ1) is 6.77. The van der Waals surface area contributed by atoms with Gasteiger partial charge in [-0.05, 0) is 33.6 Å². The summed E-state index contributed by atoms with van der Waals surface area (Å²) in [7, 11) is -2.90. The molecule has 0 aliphatic rings. The molecule has 0 fully saturated rings. The van der Waals surface area contributed by atoms with Crippen molar-refractivity contribution in [1.29, 1.82) is 0 Å². The molecule has 92 valence electrons. The quantitative estimate of drug-likeness (QED) is 0.734. The Balaban J connectivity index is 4.10. The molecule has 3 nitrogen and oxygen atoms in total. The Hall–Kier alpha value is -0.0900. The summed E-state index contributed by atoms with van der Waals surface area (Å²) in [4.78, 5) is 0. The Bertz CT molecular complexity index is 266. The molecule has 0 saturated heterocycles. The normalized spacial score (nSPS) is 13.5. The van der Waals surface area contributed by atoms with Gasteiger partial charge in [0, 0.05) is 12.1 Å². The topological polar surface area (TPSA) is 46.2 Å². The highest BCUT2D eigenvalue weighted by atomic mass is 32.2. The van der Waals surface area contributed by atoms with E-state index in [1.54, 1.807) is 13.8 Å². The van der Waals surface area contributed by atoms with Crippen LogP contribution < -0.4 is 5.32 Å². The Morgan fingerprint density at radius 3 is 2.00 bits per heavy atom. The maximum atomic E-state index is 11.6. The third-order valence-corrected chi connectivity index (χ3v) is 5.43. The number of hydrogen-bond donors (Lipinski definition) is 1. The molecule has 0 rings (SSSR count). The summed E-state index contributed by atoms with van der Waals surface area (Å²) in [5, 5.41) is 3.06. The van der Waals surface area contributed by atoms with E-state index < -0.39 is 9.84 Å². The Kier molecular flexibility index (Phi) is 5.81. The van der Waals surface area contributed by atoms with Crippen LogP contribution in [0.15, 0.2) is 0 Å². The van der Waals surface area contributed by atoms with Gasteiger partial charge in [0.1, 0.15) is 0 Å². The zero-order valence-corrected chi connectivity index (χ0v) is 11.4. The molecule has 0 spiro atoms. The number of nitrogens with one attached hydrogen (secondary N) is 1. The molecular weight excluding hydrogens is 210 g/mol. The molecule has 0 atom stereocenters. The smallest absolute Gasteiger partial charge is 0.153 e. The molecule has 0 amide bonds. The van der Waals surface area contributed by atoms with Gasteiger partial charge in [-0.25, -0.2) is 8.42 Å². The van der Waals surface area contributed by atoms with E-state index in [1.807, 2.05) is 0 Å². The molecule has 0 unspecified atom stereocenters. The van der Waals surface area contributed by atoms with Crippen LogP contribution in [0, 0.1) is 0 Å². The van der Waals surface area contributed by atoms with E-state index in [0.717, 1.165) is 12.8 Å². The van der Waals surface area contributed by atoms with Gasteiger partial charge in [0.25, 0.3) is 0 Å². The minimum atomic E-state index is -2.90. The van der Waals surface area contributed by atoms with Crippen molar-refractivity contribution in [2.24, 2.45) is 0 Å². The monoisotopic (exact) mass is 235 g/mol. The predicted octanol–water partition coefficient (Wildman–Crippen LogP) is 1.98. The first kappa shape index (κ1) is 14.9. The van der Waals surface area contributed by atoms with Gasteiger partial charge in [-0.3, -0.25) is 0 Å². The maximum absolute atomic E-state index is 11.6. The fourth-order valence-corrected chi connectivity index (χ4v) is 2.09. The van der Waals surface area contributed by atoms with Crippen LogP contribution in [-0.2, 0) is 9.84 Å². The van der Waals surface area contributed by atoms with E-state index >= 15 is 0 Å². The SMILES string of the molecule is CCC(C)(CC)NCCS(=O)(=O)C(C)C. The van der Waals surface area contributed by atoms with E-state index in [2.05, 4.69) is 26.1 Å². The Labute approximate surface area is 94.6 Å². The van der Waals surface area contributed by atoms with Gasteiger partial charge in [-0.2, -0.15) is 0 Å². The highest BCUT2D eigenvalue weighted by molar-refractivity contribution is 7.92. The molecule has 0 saturated carbocycles. The van der Waals surface area contributed by atoms with Crippen molar-refractivity contribution in [2.45, 2.75) is 58.2 Å². The van der Waals surface area contributed by atoms with Crippen molar-refractivity contribution >= 4 is 9.84 Å². The summed E-state index contributed by atoms with van der Waals surface area (Å²) in [6, 6.07) is 0. The lowest BCUT2D eigenvalue weighted by Gasteiger charge is -2.28. The molecular formula is C11H25NO2S. The third kappa shape index (κ3) is 4.98. The summed E-state index contributed by atoms with van der Waals surface area (Å²) in [5.74, 6) is 0.236. The molecule has 0 aromatic heterocycles. The van der Waals surface area contributed by atoms with Gasteiger partial charge in [0.05, 0.1) is 11.0 Å². The summed E-state index contributed by atoms with van der Waals surface area (Å²) in [6.45, 7) is 10.4. The molecule has 0 aliphatic carbocycles. The van der Waals surface area contributed by atoms with E-state index in [-0.39, 0.29) is 16.5 Å². The number of hydrogen-bond acceptors (Lipinski definition) is 3. The fraction of sp³-hybridized carbons (Fsp3) is 1.00. The third-order valence-electron chi connectivity index (χ3n) is 3.22. The summed E-state index contributed by atoms with van der Waals surface area (Å²) < 4.78 is 23.1. The molecule has 0 bridgehead atoms. The van der Waals surface area contributed by atoms with Crippen LogP contribution >= 0.6 is 0 Å². The molecule has 0 aromatic rings. The number of sulfone groups is 1. The molecule has 4 heteroatoms. The molecule has 0 aliphatic heterocycles. The number of rotatable bonds is 7. The van der Waals surface area contributed by atoms with Gasteiger partial charge < -0.3 is 5.32 Å². The fourth-order valence-electron chi connectivity index (χ4n) is 1.23. The molecule has 0 radical (unpaired) electrons. The standard InChI is InChI=1S/C11H25NO2S/c1-6-11(5,7-2)12-8-9-15(13,14)10(3)4/h10,12H,6-9H2,1-5H3. The lowest BCUT2D eigenvalue weighted by Crippen LogP contribution is -2.43. The second-order valence-electron chi connectivity index (χ2n) is 4.61. The minimum absolute atomic E-state index is 0.0759. The van der Waals surface area contributed by atoms with E-state index in [0.29, 0.717) is 6.54 Å². The second-order valence-corrected chi connectivity index (χ2v) is 7.29. The molecule has 0 aromatic carbocycles. The van der Waals surface area contributed by atoms with Gasteiger partial charge in [0.15, 0.2) is 9.84 Å². The van der Waals surface area contributed by atoms with Crippen molar-refractivity contribution < 1.29 is 8.42 Å². The van der Waals surface area contributed by atoms with Gasteiger partial charge in [0.2, 0.25) is 0 Å². The summed E-state index contributed by atoms with van der Waals surface area (Å²) >= 11 is 0. The van der Waals surface area contributed by atoms with E-state index in [4.69, 9.17) is 0 Å². The van der Waals surface area contributed by atoms with Gasteiger partial charge in [-0.1, -0.05) is 13.8 Å². The van der Waals surface area contributed by atoms with Crippen LogP contribution in [0.1, 0.15) is 47.5 Å². The lowest BCUT2D eigenvalue weighted by molar-refractivity contribution is 0.340. The van der Waals surface area contributed by atoms with Crippen LogP contribution in [0.2, 0.25) is 0 Å². The lowest BCUT2D eigenvalue weighted by atomic mass is 9.96. The van der Waals surface area contributed by atoms with Crippen LogP contribution in [0.25, 0.3) is 0 Å². The van der Waals surface area contributed by atoms with Crippen LogP contribution in [0.4, 0.5) is 0 Å². The highest BCUT2D eigenvalue weighted by Crippen LogP contribution is 2.13. The predicted molar refractivity (Wildman–Crippen MR) is 65.9 cm³/mol. The first-order valence-electron chi connectivity index (χ1n) is 5.74. The van der Waals surface area contributed by atoms with E-state index in [9.17, 15) is 8.42 Å². The van der Waals surface area contributed by atoms with Gasteiger partial charge >= 0.3 is 0 Å². The first-order valence-corrected chi connectivity index (χ1v) is 7.45. The highest BCUT2D eigenvalue weighted by Gasteiger charge is 2.21. The van der Waals surface area contributed by atoms with Crippen molar-refractivity contribution in [3.05, 3.63) is 0 Å². The van der Waals surface area contributed by atoms with Crippen molar-refractivity contribution in [2.75, 3.05) is 12.3 Å². The second kappa shape index (κ2) is 5.85. The average molecular weight is 235 g/mol. The largest absolute Gasteiger partial charge is 0.311 e. The maximum Gasteiger partial charge on any atom is 0.153 e. The Morgan fingerprint density at radius 2 is 1.67 bits per heavy atom. The summed E-state index contributed by atoms with van der Waals surface area (Å²) in [6.07, 6.45) is 2.04. The molecule has 1 N–H and O–H groups in total. The van der Waals surface area contributed by atoms with Gasteiger partial charge in [-0.15, -0.1) is 0 Å². The summed E-state index contributed by atoms with van der Waals surface area (Å²) in [5.41, 5.74) is 0.0759. The molecule has 0 heterocycles. The van der Waals surface area contributed by atoms with Crippen LogP contribution in [-0.4, -0.2) is 31.5 Å². The minimum Gasteiger partial charge on any atom is -0.311 e. The van der Waals surface area contributed by atoms with Crippen LogP contribution in [0.5, 0.6) is 0 Å². The van der Waals surface area contributed by atoms with Crippen LogP contribution in [0.3, 0.4) is 0 Å². The zero-order chi connectivity index (χ0) is 12.1. The van der Waals surface area contributed by atoms with E-state index in [1.165, 1.54) is 0 Å². The van der Waals surface area contributed by atoms with Crippen molar-refractivity contribution in [1.82, 2.24) is 5.32 Å². The zero-order valence-electron chi connectivity index (χ0n) is 10.6.